The number of rotatable bonds is 30. The molecule has 0 aliphatic heterocycles. The third kappa shape index (κ3) is 27.1. The first-order valence-corrected chi connectivity index (χ1v) is 16.7. The standard InChI is InChI=1S/C33H63NO8/c1-6-8-10-12-13-14-15-16-17-18-20-22-24-31(36)42-29(27-40-30(35)23-21-19-11-9-7-2)28-41-33(32(37)38)39-26-25-34(3,4)5/h29,33H,6-28H2,1-5H3. The average molecular weight is 602 g/mol. The zero-order chi connectivity index (χ0) is 31.5. The molecule has 42 heavy (non-hydrogen) atoms. The van der Waals surface area contributed by atoms with E-state index in [0.717, 1.165) is 51.4 Å². The van der Waals surface area contributed by atoms with Gasteiger partial charge in [0.1, 0.15) is 13.2 Å². The number of unbranched alkanes of at least 4 members (excludes halogenated alkanes) is 15. The Labute approximate surface area is 256 Å². The van der Waals surface area contributed by atoms with Gasteiger partial charge in [-0.1, -0.05) is 110 Å². The molecule has 0 saturated heterocycles. The van der Waals surface area contributed by atoms with Gasteiger partial charge in [0.05, 0.1) is 40.3 Å². The molecule has 0 aromatic rings. The van der Waals surface area contributed by atoms with Crippen molar-refractivity contribution >= 4 is 17.9 Å². The topological polar surface area (TPSA) is 111 Å². The lowest BCUT2D eigenvalue weighted by molar-refractivity contribution is -0.870. The first-order chi connectivity index (χ1) is 20.1. The van der Waals surface area contributed by atoms with Gasteiger partial charge in [-0.2, -0.15) is 0 Å². The summed E-state index contributed by atoms with van der Waals surface area (Å²) in [6, 6.07) is 0. The molecule has 2 unspecified atom stereocenters. The zero-order valence-electron chi connectivity index (χ0n) is 27.6. The Morgan fingerprint density at radius 2 is 1.07 bits per heavy atom. The van der Waals surface area contributed by atoms with Crippen molar-refractivity contribution in [2.45, 2.75) is 148 Å². The van der Waals surface area contributed by atoms with Gasteiger partial charge in [-0.15, -0.1) is 0 Å². The summed E-state index contributed by atoms with van der Waals surface area (Å²) in [5.41, 5.74) is 0. The number of hydrogen-bond donors (Lipinski definition) is 0. The largest absolute Gasteiger partial charge is 0.545 e. The van der Waals surface area contributed by atoms with Gasteiger partial charge in [0.2, 0.25) is 0 Å². The van der Waals surface area contributed by atoms with E-state index >= 15 is 0 Å². The molecule has 0 aliphatic rings. The minimum Gasteiger partial charge on any atom is -0.545 e. The fourth-order valence-corrected chi connectivity index (χ4v) is 4.41. The number of nitrogens with zero attached hydrogens (tertiary/aromatic N) is 1. The maximum atomic E-state index is 12.5. The second-order valence-electron chi connectivity index (χ2n) is 12.5. The second-order valence-corrected chi connectivity index (χ2v) is 12.5. The number of ether oxygens (including phenoxy) is 4. The summed E-state index contributed by atoms with van der Waals surface area (Å²) in [7, 11) is 5.88. The molecule has 0 saturated carbocycles. The Kier molecular flexibility index (Phi) is 25.8. The normalized spacial score (nSPS) is 13.1. The fraction of sp³-hybridized carbons (Fsp3) is 0.909. The van der Waals surface area contributed by atoms with Crippen molar-refractivity contribution in [3.63, 3.8) is 0 Å². The molecule has 9 heteroatoms. The molecule has 0 heterocycles. The molecular formula is C33H63NO8. The van der Waals surface area contributed by atoms with Gasteiger partial charge in [-0.05, 0) is 12.8 Å². The number of esters is 2. The van der Waals surface area contributed by atoms with Crippen LogP contribution in [0.15, 0.2) is 0 Å². The SMILES string of the molecule is CCCCCCCCCCCCCCC(=O)OC(COC(=O)CCCCCCC)COC(OCC[N+](C)(C)C)C(=O)[O-]. The van der Waals surface area contributed by atoms with Crippen LogP contribution >= 0.6 is 0 Å². The number of carbonyl (C=O) groups is 3. The van der Waals surface area contributed by atoms with E-state index < -0.39 is 24.3 Å². The molecule has 9 nitrogen and oxygen atoms in total. The molecule has 0 amide bonds. The number of hydrogen-bond acceptors (Lipinski definition) is 8. The summed E-state index contributed by atoms with van der Waals surface area (Å²) in [4.78, 5) is 36.3. The Morgan fingerprint density at radius 3 is 1.52 bits per heavy atom. The number of quaternary nitrogens is 1. The van der Waals surface area contributed by atoms with Gasteiger partial charge >= 0.3 is 11.9 Å². The van der Waals surface area contributed by atoms with Crippen LogP contribution in [0.3, 0.4) is 0 Å². The molecular weight excluding hydrogens is 538 g/mol. The van der Waals surface area contributed by atoms with Crippen LogP contribution in [0.5, 0.6) is 0 Å². The maximum Gasteiger partial charge on any atom is 0.306 e. The lowest BCUT2D eigenvalue weighted by Gasteiger charge is -2.26. The van der Waals surface area contributed by atoms with Crippen molar-refractivity contribution in [2.75, 3.05) is 47.5 Å². The van der Waals surface area contributed by atoms with Gasteiger partial charge in [-0.25, -0.2) is 0 Å². The van der Waals surface area contributed by atoms with E-state index in [1.54, 1.807) is 0 Å². The minimum absolute atomic E-state index is 0.151. The monoisotopic (exact) mass is 601 g/mol. The van der Waals surface area contributed by atoms with Crippen molar-refractivity contribution < 1.29 is 42.9 Å². The van der Waals surface area contributed by atoms with E-state index in [2.05, 4.69) is 13.8 Å². The van der Waals surface area contributed by atoms with Crippen LogP contribution in [-0.2, 0) is 33.3 Å². The van der Waals surface area contributed by atoms with Gasteiger partial charge < -0.3 is 33.3 Å². The first kappa shape index (κ1) is 40.3. The molecule has 0 fully saturated rings. The molecule has 0 aromatic carbocycles. The quantitative estimate of drug-likeness (QED) is 0.0446. The number of aliphatic carboxylic acids is 1. The molecule has 248 valence electrons. The first-order valence-electron chi connectivity index (χ1n) is 16.7. The van der Waals surface area contributed by atoms with E-state index in [1.165, 1.54) is 57.8 Å². The highest BCUT2D eigenvalue weighted by molar-refractivity contribution is 5.70. The number of likely N-dealkylation sites (N-methyl/N-ethyl adjacent to an activating group) is 1. The van der Waals surface area contributed by atoms with E-state index in [-0.39, 0.29) is 32.2 Å². The highest BCUT2D eigenvalue weighted by atomic mass is 16.7. The molecule has 0 aromatic heterocycles. The third-order valence-corrected chi connectivity index (χ3v) is 7.10. The number of carbonyl (C=O) groups excluding carboxylic acids is 3. The van der Waals surface area contributed by atoms with Crippen LogP contribution in [0.2, 0.25) is 0 Å². The number of carboxylic acid groups (broad SMARTS) is 1. The minimum atomic E-state index is -1.61. The fourth-order valence-electron chi connectivity index (χ4n) is 4.41. The Balaban J connectivity index is 4.54. The van der Waals surface area contributed by atoms with Crippen LogP contribution in [0, 0.1) is 0 Å². The highest BCUT2D eigenvalue weighted by Crippen LogP contribution is 2.13. The predicted octanol–water partition coefficient (Wildman–Crippen LogP) is 5.71. The Morgan fingerprint density at radius 1 is 0.619 bits per heavy atom. The van der Waals surface area contributed by atoms with Crippen molar-refractivity contribution in [2.24, 2.45) is 0 Å². The lowest BCUT2D eigenvalue weighted by atomic mass is 10.0. The van der Waals surface area contributed by atoms with E-state index in [4.69, 9.17) is 18.9 Å². The van der Waals surface area contributed by atoms with Crippen LogP contribution in [0.1, 0.15) is 136 Å². The summed E-state index contributed by atoms with van der Waals surface area (Å²) in [6.07, 6.45) is 17.5. The van der Waals surface area contributed by atoms with E-state index in [0.29, 0.717) is 17.4 Å². The van der Waals surface area contributed by atoms with Gasteiger partial charge in [0, 0.05) is 12.8 Å². The van der Waals surface area contributed by atoms with E-state index in [9.17, 15) is 19.5 Å². The summed E-state index contributed by atoms with van der Waals surface area (Å²) in [5.74, 6) is -2.30. The summed E-state index contributed by atoms with van der Waals surface area (Å²) in [5, 5.41) is 11.5. The van der Waals surface area contributed by atoms with Crippen molar-refractivity contribution in [1.29, 1.82) is 0 Å². The number of carboxylic acids is 1. The molecule has 0 spiro atoms. The average Bonchev–Trinajstić information content (AvgIpc) is 2.93. The predicted molar refractivity (Wildman–Crippen MR) is 164 cm³/mol. The van der Waals surface area contributed by atoms with Gasteiger partial charge in [0.15, 0.2) is 12.4 Å². The highest BCUT2D eigenvalue weighted by Gasteiger charge is 2.21. The zero-order valence-corrected chi connectivity index (χ0v) is 27.6. The molecule has 0 radical (unpaired) electrons. The second kappa shape index (κ2) is 26.9. The van der Waals surface area contributed by atoms with Crippen LogP contribution in [0.4, 0.5) is 0 Å². The smallest absolute Gasteiger partial charge is 0.306 e. The summed E-state index contributed by atoms with van der Waals surface area (Å²) >= 11 is 0. The molecule has 0 aliphatic carbocycles. The third-order valence-electron chi connectivity index (χ3n) is 7.10. The van der Waals surface area contributed by atoms with Gasteiger partial charge in [-0.3, -0.25) is 9.59 Å². The molecule has 0 bridgehead atoms. The summed E-state index contributed by atoms with van der Waals surface area (Å²) in [6.45, 7) is 4.61. The van der Waals surface area contributed by atoms with Crippen LogP contribution < -0.4 is 5.11 Å². The van der Waals surface area contributed by atoms with Crippen molar-refractivity contribution in [3.05, 3.63) is 0 Å². The maximum absolute atomic E-state index is 12.5. The van der Waals surface area contributed by atoms with Crippen molar-refractivity contribution in [3.8, 4) is 0 Å². The Hall–Kier alpha value is -1.71. The molecule has 2 atom stereocenters. The van der Waals surface area contributed by atoms with Crippen LogP contribution in [0.25, 0.3) is 0 Å². The lowest BCUT2D eigenvalue weighted by Crippen LogP contribution is -2.44. The van der Waals surface area contributed by atoms with Crippen molar-refractivity contribution in [1.82, 2.24) is 0 Å². The summed E-state index contributed by atoms with van der Waals surface area (Å²) < 4.78 is 22.2. The molecule has 0 rings (SSSR count). The van der Waals surface area contributed by atoms with Crippen LogP contribution in [-0.4, -0.2) is 82.3 Å². The Bertz CT molecular complexity index is 679. The van der Waals surface area contributed by atoms with E-state index in [1.807, 2.05) is 21.1 Å². The van der Waals surface area contributed by atoms with Gasteiger partial charge in [0.25, 0.3) is 0 Å². The molecule has 0 N–H and O–H groups in total.